The summed E-state index contributed by atoms with van der Waals surface area (Å²) in [5, 5.41) is 12.2. The number of nitrogens with zero attached hydrogens (tertiary/aromatic N) is 2. The lowest BCUT2D eigenvalue weighted by atomic mass is 10.1. The number of rotatable bonds is 12. The van der Waals surface area contributed by atoms with Crippen LogP contribution in [0.15, 0.2) is 51.3 Å². The van der Waals surface area contributed by atoms with E-state index in [4.69, 9.17) is 16.1 Å². The van der Waals surface area contributed by atoms with Crippen molar-refractivity contribution in [2.24, 2.45) is 0 Å². The highest BCUT2D eigenvalue weighted by molar-refractivity contribution is 7.16. The van der Waals surface area contributed by atoms with E-state index in [1.165, 1.54) is 17.4 Å². The van der Waals surface area contributed by atoms with Crippen LogP contribution in [0.1, 0.15) is 44.4 Å². The zero-order chi connectivity index (χ0) is 26.1. The van der Waals surface area contributed by atoms with Gasteiger partial charge in [-0.1, -0.05) is 6.42 Å². The summed E-state index contributed by atoms with van der Waals surface area (Å²) in [4.78, 5) is 42.5. The maximum Gasteiger partial charge on any atom is 0.345 e. The predicted molar refractivity (Wildman–Crippen MR) is 143 cm³/mol. The largest absolute Gasteiger partial charge is 0.481 e. The van der Waals surface area contributed by atoms with Gasteiger partial charge >= 0.3 is 11.6 Å². The van der Waals surface area contributed by atoms with Crippen molar-refractivity contribution in [1.29, 1.82) is 0 Å². The number of carbonyl (C=O) groups is 2. The first-order chi connectivity index (χ1) is 17.4. The second kappa shape index (κ2) is 12.7. The van der Waals surface area contributed by atoms with Crippen molar-refractivity contribution in [2.75, 3.05) is 24.5 Å². The molecule has 3 rings (SSSR count). The van der Waals surface area contributed by atoms with Gasteiger partial charge in [0.1, 0.15) is 5.58 Å². The summed E-state index contributed by atoms with van der Waals surface area (Å²) in [7, 11) is 0. The predicted octanol–water partition coefficient (Wildman–Crippen LogP) is 5.39. The number of carboxylic acid groups (broad SMARTS) is 1. The van der Waals surface area contributed by atoms with Crippen LogP contribution in [0.3, 0.4) is 0 Å². The first-order valence-corrected chi connectivity index (χ1v) is 12.7. The molecule has 188 valence electrons. The Morgan fingerprint density at radius 1 is 1.14 bits per heavy atom. The maximum absolute atomic E-state index is 12.7. The van der Waals surface area contributed by atoms with Gasteiger partial charge in [-0.15, -0.1) is 11.3 Å². The summed E-state index contributed by atoms with van der Waals surface area (Å²) in [6.45, 7) is 13.6. The number of carbonyl (C=O) groups excluding carboxylic acids is 1. The third-order valence-corrected chi connectivity index (χ3v) is 6.79. The summed E-state index contributed by atoms with van der Waals surface area (Å²) >= 11 is 1.30. The Morgan fingerprint density at radius 3 is 2.61 bits per heavy atom. The fourth-order valence-corrected chi connectivity index (χ4v) is 4.73. The van der Waals surface area contributed by atoms with Gasteiger partial charge in [-0.05, 0) is 63.1 Å². The normalized spacial score (nSPS) is 11.3. The molecular formula is C27H29N3O5S. The van der Waals surface area contributed by atoms with Crippen molar-refractivity contribution in [3.8, 4) is 10.4 Å². The molecule has 0 saturated carbocycles. The van der Waals surface area contributed by atoms with Gasteiger partial charge in [0.2, 0.25) is 5.91 Å². The van der Waals surface area contributed by atoms with Crippen molar-refractivity contribution in [3.63, 3.8) is 0 Å². The van der Waals surface area contributed by atoms with Gasteiger partial charge < -0.3 is 19.7 Å². The molecule has 8 nitrogen and oxygen atoms in total. The van der Waals surface area contributed by atoms with Crippen LogP contribution in [0.2, 0.25) is 0 Å². The summed E-state index contributed by atoms with van der Waals surface area (Å²) in [6.07, 6.45) is 3.48. The SMILES string of the molecule is [C-]#[N+]/C(=C\c1ccc(-c2cc3ccc(N(CC)CC)cc3oc2=O)s1)C(=O)NCCCCCC(=O)O. The van der Waals surface area contributed by atoms with E-state index in [1.807, 2.05) is 18.2 Å². The third-order valence-electron chi connectivity index (χ3n) is 5.73. The second-order valence-corrected chi connectivity index (χ2v) is 9.26. The van der Waals surface area contributed by atoms with Gasteiger partial charge in [-0.3, -0.25) is 9.59 Å². The van der Waals surface area contributed by atoms with Crippen molar-refractivity contribution < 1.29 is 19.1 Å². The molecule has 0 unspecified atom stereocenters. The van der Waals surface area contributed by atoms with E-state index >= 15 is 0 Å². The molecule has 2 N–H and O–H groups in total. The molecule has 0 saturated heterocycles. The molecule has 0 fully saturated rings. The molecule has 9 heteroatoms. The van der Waals surface area contributed by atoms with E-state index in [9.17, 15) is 14.4 Å². The van der Waals surface area contributed by atoms with Gasteiger partial charge in [-0.2, -0.15) is 0 Å². The zero-order valence-corrected chi connectivity index (χ0v) is 21.2. The van der Waals surface area contributed by atoms with Gasteiger partial charge in [-0.25, -0.2) is 9.64 Å². The van der Waals surface area contributed by atoms with Crippen LogP contribution in [-0.2, 0) is 9.59 Å². The standard InChI is InChI=1S/C27H29N3O5S/c1-4-30(5-2)19-11-10-18-15-21(27(34)35-23(18)16-19)24-13-12-20(36-24)17-22(28-3)26(33)29-14-8-6-7-9-25(31)32/h10-13,15-17H,4-9,14H2,1-2H3,(H,29,33)(H,31,32)/b22-17-. The highest BCUT2D eigenvalue weighted by atomic mass is 32.1. The summed E-state index contributed by atoms with van der Waals surface area (Å²) in [5.41, 5.74) is 1.46. The van der Waals surface area contributed by atoms with E-state index < -0.39 is 17.5 Å². The molecule has 2 aromatic heterocycles. The summed E-state index contributed by atoms with van der Waals surface area (Å²) in [6, 6.07) is 11.2. The number of hydrogen-bond acceptors (Lipinski definition) is 6. The van der Waals surface area contributed by atoms with Gasteiger partial charge in [0, 0.05) is 52.9 Å². The Hall–Kier alpha value is -3.90. The van der Waals surface area contributed by atoms with Gasteiger partial charge in [0.25, 0.3) is 5.70 Å². The highest BCUT2D eigenvalue weighted by Crippen LogP contribution is 2.30. The Balaban J connectivity index is 1.73. The highest BCUT2D eigenvalue weighted by Gasteiger charge is 2.14. The molecule has 0 bridgehead atoms. The number of aliphatic carboxylic acids is 1. The molecule has 0 aliphatic carbocycles. The number of amides is 1. The van der Waals surface area contributed by atoms with Crippen LogP contribution in [0.4, 0.5) is 5.69 Å². The van der Waals surface area contributed by atoms with E-state index in [1.54, 1.807) is 18.2 Å². The monoisotopic (exact) mass is 507 g/mol. The fourth-order valence-electron chi connectivity index (χ4n) is 3.79. The topological polar surface area (TPSA) is 104 Å². The van der Waals surface area contributed by atoms with Crippen LogP contribution in [0.5, 0.6) is 0 Å². The summed E-state index contributed by atoms with van der Waals surface area (Å²) in [5.74, 6) is -1.31. The van der Waals surface area contributed by atoms with E-state index in [0.717, 1.165) is 24.2 Å². The van der Waals surface area contributed by atoms with Crippen molar-refractivity contribution in [2.45, 2.75) is 39.5 Å². The minimum atomic E-state index is -0.835. The first kappa shape index (κ1) is 26.7. The first-order valence-electron chi connectivity index (χ1n) is 11.9. The maximum atomic E-state index is 12.7. The molecule has 1 aromatic carbocycles. The average Bonchev–Trinajstić information content (AvgIpc) is 3.33. The van der Waals surface area contributed by atoms with E-state index in [0.29, 0.717) is 46.7 Å². The lowest BCUT2D eigenvalue weighted by Crippen LogP contribution is -2.25. The lowest BCUT2D eigenvalue weighted by molar-refractivity contribution is -0.137. The van der Waals surface area contributed by atoms with Crippen LogP contribution < -0.4 is 15.8 Å². The number of nitrogens with one attached hydrogen (secondary N) is 1. The van der Waals surface area contributed by atoms with Crippen molar-refractivity contribution in [1.82, 2.24) is 5.32 Å². The number of carboxylic acids is 1. The van der Waals surface area contributed by atoms with E-state index in [-0.39, 0.29) is 12.1 Å². The molecular weight excluding hydrogens is 478 g/mol. The van der Waals surface area contributed by atoms with E-state index in [2.05, 4.69) is 28.9 Å². The molecule has 0 radical (unpaired) electrons. The molecule has 0 atom stereocenters. The Kier molecular flexibility index (Phi) is 9.42. The lowest BCUT2D eigenvalue weighted by Gasteiger charge is -2.20. The fraction of sp³-hybridized carbons (Fsp3) is 0.333. The van der Waals surface area contributed by atoms with Crippen LogP contribution in [0, 0.1) is 6.57 Å². The van der Waals surface area contributed by atoms with Gasteiger partial charge in [0.05, 0.1) is 12.1 Å². The number of unbranched alkanes of at least 4 members (excludes halogenated alkanes) is 2. The molecule has 0 spiro atoms. The second-order valence-electron chi connectivity index (χ2n) is 8.15. The Morgan fingerprint density at radius 2 is 1.92 bits per heavy atom. The Bertz CT molecular complexity index is 1360. The number of fused-ring (bicyclic) bond motifs is 1. The number of thiophene rings is 1. The van der Waals surface area contributed by atoms with Crippen molar-refractivity contribution in [3.05, 3.63) is 68.8 Å². The van der Waals surface area contributed by atoms with Crippen LogP contribution in [-0.4, -0.2) is 36.6 Å². The quantitative estimate of drug-likeness (QED) is 0.147. The van der Waals surface area contributed by atoms with Gasteiger partial charge in [0.15, 0.2) is 0 Å². The summed E-state index contributed by atoms with van der Waals surface area (Å²) < 4.78 is 5.63. The molecule has 0 aliphatic rings. The van der Waals surface area contributed by atoms with Crippen LogP contribution in [0.25, 0.3) is 32.3 Å². The molecule has 36 heavy (non-hydrogen) atoms. The van der Waals surface area contributed by atoms with Crippen molar-refractivity contribution >= 4 is 45.9 Å². The number of hydrogen-bond donors (Lipinski definition) is 2. The zero-order valence-electron chi connectivity index (χ0n) is 20.4. The smallest absolute Gasteiger partial charge is 0.345 e. The molecule has 0 aliphatic heterocycles. The molecule has 3 aromatic rings. The Labute approximate surface area is 213 Å². The van der Waals surface area contributed by atoms with Crippen LogP contribution >= 0.6 is 11.3 Å². The number of benzene rings is 1. The minimum Gasteiger partial charge on any atom is -0.481 e. The average molecular weight is 508 g/mol. The number of anilines is 1. The minimum absolute atomic E-state index is 0.0524. The molecule has 1 amide bonds. The third kappa shape index (κ3) is 6.83. The molecule has 2 heterocycles.